The van der Waals surface area contributed by atoms with Crippen molar-refractivity contribution < 1.29 is 12.8 Å². The summed E-state index contributed by atoms with van der Waals surface area (Å²) in [5.74, 6) is -0.452. The summed E-state index contributed by atoms with van der Waals surface area (Å²) in [5.41, 5.74) is 1.55. The summed E-state index contributed by atoms with van der Waals surface area (Å²) in [6.07, 6.45) is 2.87. The Labute approximate surface area is 175 Å². The van der Waals surface area contributed by atoms with Gasteiger partial charge in [-0.3, -0.25) is 4.72 Å². The minimum Gasteiger partial charge on any atom is -0.368 e. The molecule has 9 heteroatoms. The number of halogens is 1. The van der Waals surface area contributed by atoms with Crippen LogP contribution < -0.4 is 14.5 Å². The number of piperazine rings is 1. The van der Waals surface area contributed by atoms with E-state index in [-0.39, 0.29) is 11.3 Å². The largest absolute Gasteiger partial charge is 0.368 e. The van der Waals surface area contributed by atoms with Gasteiger partial charge < -0.3 is 9.80 Å². The maximum Gasteiger partial charge on any atom is 0.237 e. The van der Waals surface area contributed by atoms with Crippen molar-refractivity contribution >= 4 is 27.3 Å². The van der Waals surface area contributed by atoms with E-state index >= 15 is 0 Å². The van der Waals surface area contributed by atoms with E-state index in [4.69, 9.17) is 0 Å². The predicted molar refractivity (Wildman–Crippen MR) is 116 cm³/mol. The molecule has 0 aliphatic carbocycles. The quantitative estimate of drug-likeness (QED) is 0.652. The molecule has 1 aliphatic rings. The van der Waals surface area contributed by atoms with Crippen LogP contribution in [0.4, 0.5) is 21.7 Å². The van der Waals surface area contributed by atoms with E-state index in [0.29, 0.717) is 5.95 Å². The predicted octanol–water partition coefficient (Wildman–Crippen LogP) is 2.88. The second-order valence-electron chi connectivity index (χ2n) is 7.03. The van der Waals surface area contributed by atoms with Crippen LogP contribution in [0.15, 0.2) is 67.0 Å². The van der Waals surface area contributed by atoms with Gasteiger partial charge in [0, 0.05) is 37.4 Å². The fourth-order valence-electron chi connectivity index (χ4n) is 3.38. The first-order chi connectivity index (χ1) is 14.5. The Balaban J connectivity index is 1.36. The van der Waals surface area contributed by atoms with Gasteiger partial charge >= 0.3 is 0 Å². The van der Waals surface area contributed by atoms with Crippen molar-refractivity contribution in [1.82, 2.24) is 9.97 Å². The maximum atomic E-state index is 13.7. The molecule has 0 radical (unpaired) electrons. The van der Waals surface area contributed by atoms with Gasteiger partial charge in [0.1, 0.15) is 5.82 Å². The number of hydrogen-bond donors (Lipinski definition) is 1. The minimum atomic E-state index is -3.78. The minimum absolute atomic E-state index is 0.110. The molecule has 1 N–H and O–H groups in total. The molecule has 0 spiro atoms. The van der Waals surface area contributed by atoms with Gasteiger partial charge in [-0.25, -0.2) is 22.8 Å². The van der Waals surface area contributed by atoms with Gasteiger partial charge in [0.25, 0.3) is 0 Å². The fourth-order valence-corrected chi connectivity index (χ4v) is 4.56. The summed E-state index contributed by atoms with van der Waals surface area (Å²) in [6, 6.07) is 16.0. The number of nitrogens with zero attached hydrogens (tertiary/aromatic N) is 4. The van der Waals surface area contributed by atoms with Crippen LogP contribution in [0.2, 0.25) is 0 Å². The standard InChI is InChI=1S/C21H22FN5O2S/c22-20-9-5-4-6-17(20)16-30(28,29)25-18-14-23-21(24-15-18)27-12-10-26(11-13-27)19-7-2-1-3-8-19/h1-9,14-15,25H,10-13,16H2. The van der Waals surface area contributed by atoms with Crippen molar-refractivity contribution in [3.8, 4) is 0 Å². The summed E-state index contributed by atoms with van der Waals surface area (Å²) in [7, 11) is -3.78. The highest BCUT2D eigenvalue weighted by molar-refractivity contribution is 7.91. The van der Waals surface area contributed by atoms with E-state index in [1.165, 1.54) is 36.3 Å². The third kappa shape index (κ3) is 4.85. The highest BCUT2D eigenvalue weighted by atomic mass is 32.2. The van der Waals surface area contributed by atoms with Crippen LogP contribution in [0.3, 0.4) is 0 Å². The molecule has 3 aromatic rings. The smallest absolute Gasteiger partial charge is 0.237 e. The Morgan fingerprint density at radius 1 is 0.867 bits per heavy atom. The number of para-hydroxylation sites is 1. The van der Waals surface area contributed by atoms with E-state index in [2.05, 4.69) is 36.6 Å². The molecule has 0 atom stereocenters. The van der Waals surface area contributed by atoms with Crippen LogP contribution in [0.1, 0.15) is 5.56 Å². The highest BCUT2D eigenvalue weighted by Crippen LogP contribution is 2.19. The topological polar surface area (TPSA) is 78.4 Å². The third-order valence-corrected chi connectivity index (χ3v) is 6.14. The number of aromatic nitrogens is 2. The summed E-state index contributed by atoms with van der Waals surface area (Å²) in [6.45, 7) is 3.25. The zero-order chi connectivity index (χ0) is 21.0. The Morgan fingerprint density at radius 3 is 2.13 bits per heavy atom. The second kappa shape index (κ2) is 8.66. The first-order valence-corrected chi connectivity index (χ1v) is 11.3. The number of anilines is 3. The summed E-state index contributed by atoms with van der Waals surface area (Å²) in [5, 5.41) is 0. The van der Waals surface area contributed by atoms with Gasteiger partial charge in [0.05, 0.1) is 23.8 Å². The van der Waals surface area contributed by atoms with E-state index in [1.807, 2.05) is 18.2 Å². The molecule has 30 heavy (non-hydrogen) atoms. The molecular weight excluding hydrogens is 405 g/mol. The zero-order valence-corrected chi connectivity index (χ0v) is 17.1. The Morgan fingerprint density at radius 2 is 1.47 bits per heavy atom. The average molecular weight is 428 g/mol. The lowest BCUT2D eigenvalue weighted by Gasteiger charge is -2.36. The Kier molecular flexibility index (Phi) is 5.80. The molecule has 0 bridgehead atoms. The van der Waals surface area contributed by atoms with Crippen molar-refractivity contribution in [2.45, 2.75) is 5.75 Å². The van der Waals surface area contributed by atoms with Crippen LogP contribution in [0, 0.1) is 5.82 Å². The van der Waals surface area contributed by atoms with E-state index < -0.39 is 21.6 Å². The fraction of sp³-hybridized carbons (Fsp3) is 0.238. The number of rotatable bonds is 6. The lowest BCUT2D eigenvalue weighted by Crippen LogP contribution is -2.47. The zero-order valence-electron chi connectivity index (χ0n) is 16.3. The Bertz CT molecular complexity index is 1090. The van der Waals surface area contributed by atoms with Crippen LogP contribution in [0.25, 0.3) is 0 Å². The first kappa shape index (κ1) is 20.1. The monoisotopic (exact) mass is 427 g/mol. The van der Waals surface area contributed by atoms with Crippen LogP contribution >= 0.6 is 0 Å². The van der Waals surface area contributed by atoms with E-state index in [0.717, 1.165) is 26.2 Å². The highest BCUT2D eigenvalue weighted by Gasteiger charge is 2.20. The molecule has 0 saturated carbocycles. The SMILES string of the molecule is O=S(=O)(Cc1ccccc1F)Nc1cnc(N2CCN(c3ccccc3)CC2)nc1. The van der Waals surface area contributed by atoms with E-state index in [1.54, 1.807) is 6.07 Å². The lowest BCUT2D eigenvalue weighted by atomic mass is 10.2. The Hall–Kier alpha value is -3.20. The summed E-state index contributed by atoms with van der Waals surface area (Å²) in [4.78, 5) is 13.0. The van der Waals surface area contributed by atoms with Gasteiger partial charge in [-0.1, -0.05) is 36.4 Å². The normalized spacial score (nSPS) is 14.6. The number of benzene rings is 2. The number of nitrogens with one attached hydrogen (secondary N) is 1. The van der Waals surface area contributed by atoms with Crippen molar-refractivity contribution in [1.29, 1.82) is 0 Å². The second-order valence-corrected chi connectivity index (χ2v) is 8.76. The molecule has 2 heterocycles. The van der Waals surface area contributed by atoms with Gasteiger partial charge in [-0.2, -0.15) is 0 Å². The molecule has 0 unspecified atom stereocenters. The third-order valence-electron chi connectivity index (χ3n) is 4.90. The molecule has 2 aromatic carbocycles. The van der Waals surface area contributed by atoms with Crippen molar-refractivity contribution in [3.63, 3.8) is 0 Å². The number of sulfonamides is 1. The maximum absolute atomic E-state index is 13.7. The van der Waals surface area contributed by atoms with E-state index in [9.17, 15) is 12.8 Å². The van der Waals surface area contributed by atoms with Crippen LogP contribution in [0.5, 0.6) is 0 Å². The summed E-state index contributed by atoms with van der Waals surface area (Å²) >= 11 is 0. The van der Waals surface area contributed by atoms with Crippen LogP contribution in [-0.4, -0.2) is 44.6 Å². The number of hydrogen-bond acceptors (Lipinski definition) is 6. The molecule has 1 aliphatic heterocycles. The molecule has 156 valence electrons. The first-order valence-electron chi connectivity index (χ1n) is 9.61. The molecular formula is C21H22FN5O2S. The van der Waals surface area contributed by atoms with Crippen LogP contribution in [-0.2, 0) is 15.8 Å². The van der Waals surface area contributed by atoms with Gasteiger partial charge in [0.15, 0.2) is 0 Å². The molecule has 7 nitrogen and oxygen atoms in total. The van der Waals surface area contributed by atoms with Crippen molar-refractivity contribution in [2.75, 3.05) is 40.7 Å². The molecule has 1 fully saturated rings. The van der Waals surface area contributed by atoms with Crippen molar-refractivity contribution in [3.05, 3.63) is 78.4 Å². The molecule has 4 rings (SSSR count). The van der Waals surface area contributed by atoms with Gasteiger partial charge in [-0.15, -0.1) is 0 Å². The molecule has 1 saturated heterocycles. The van der Waals surface area contributed by atoms with Crippen molar-refractivity contribution in [2.24, 2.45) is 0 Å². The molecule has 1 aromatic heterocycles. The summed E-state index contributed by atoms with van der Waals surface area (Å²) < 4.78 is 40.8. The average Bonchev–Trinajstić information content (AvgIpc) is 2.76. The van der Waals surface area contributed by atoms with Gasteiger partial charge in [-0.05, 0) is 18.2 Å². The molecule has 0 amide bonds. The lowest BCUT2D eigenvalue weighted by molar-refractivity contribution is 0.591. The van der Waals surface area contributed by atoms with Gasteiger partial charge in [0.2, 0.25) is 16.0 Å².